The zero-order valence-electron chi connectivity index (χ0n) is 15.9. The largest absolute Gasteiger partial charge is 0.483 e. The van der Waals surface area contributed by atoms with E-state index in [9.17, 15) is 8.42 Å². The number of hydrogen-bond donors (Lipinski definition) is 0. The molecule has 1 aromatic heterocycles. The van der Waals surface area contributed by atoms with Crippen molar-refractivity contribution in [2.24, 2.45) is 0 Å². The lowest BCUT2D eigenvalue weighted by molar-refractivity contribution is 0.0533. The van der Waals surface area contributed by atoms with Crippen LogP contribution in [0.5, 0.6) is 5.75 Å². The maximum atomic E-state index is 13.2. The lowest BCUT2D eigenvalue weighted by atomic mass is 10.0. The molecule has 1 atom stereocenters. The van der Waals surface area contributed by atoms with Crippen LogP contribution >= 0.6 is 11.3 Å². The van der Waals surface area contributed by atoms with Crippen LogP contribution in [0.1, 0.15) is 30.8 Å². The van der Waals surface area contributed by atoms with E-state index >= 15 is 0 Å². The molecule has 146 valence electrons. The van der Waals surface area contributed by atoms with Gasteiger partial charge < -0.3 is 4.74 Å². The number of ether oxygens (including phenoxy) is 1. The van der Waals surface area contributed by atoms with Gasteiger partial charge >= 0.3 is 0 Å². The Morgan fingerprint density at radius 2 is 2.07 bits per heavy atom. The summed E-state index contributed by atoms with van der Waals surface area (Å²) < 4.78 is 34.5. The summed E-state index contributed by atoms with van der Waals surface area (Å²) in [4.78, 5) is 8.21. The second-order valence-corrected chi connectivity index (χ2v) is 10.5. The molecule has 0 amide bonds. The standard InChI is InChI=1S/C19H25N3O3S2/c1-14(2)22-12-19(25-16-6-4-5-7-18(16)27(22,23)24)8-9-21(11-19)10-17-15(3)20-13-26-17/h4-7,13-14H,8-12H2,1-3H3. The Hall–Kier alpha value is -1.48. The van der Waals surface area contributed by atoms with Crippen molar-refractivity contribution in [3.05, 3.63) is 40.3 Å². The monoisotopic (exact) mass is 407 g/mol. The first-order chi connectivity index (χ1) is 12.8. The molecule has 2 aromatic rings. The molecule has 0 saturated carbocycles. The Morgan fingerprint density at radius 3 is 2.78 bits per heavy atom. The molecule has 0 aliphatic carbocycles. The number of benzene rings is 1. The Bertz CT molecular complexity index is 941. The predicted molar refractivity (Wildman–Crippen MR) is 106 cm³/mol. The van der Waals surface area contributed by atoms with Crippen molar-refractivity contribution in [1.29, 1.82) is 0 Å². The molecule has 1 spiro atoms. The maximum absolute atomic E-state index is 13.2. The number of likely N-dealkylation sites (tertiary alicyclic amines) is 1. The zero-order valence-corrected chi connectivity index (χ0v) is 17.5. The van der Waals surface area contributed by atoms with E-state index in [-0.39, 0.29) is 10.9 Å². The molecule has 1 aromatic carbocycles. The Morgan fingerprint density at radius 1 is 1.30 bits per heavy atom. The first-order valence-electron chi connectivity index (χ1n) is 9.22. The molecule has 8 heteroatoms. The number of fused-ring (bicyclic) bond motifs is 1. The van der Waals surface area contributed by atoms with Gasteiger partial charge in [-0.3, -0.25) is 4.90 Å². The van der Waals surface area contributed by atoms with Crippen molar-refractivity contribution in [3.8, 4) is 5.75 Å². The van der Waals surface area contributed by atoms with Crippen LogP contribution in [0.15, 0.2) is 34.7 Å². The van der Waals surface area contributed by atoms with Gasteiger partial charge in [-0.15, -0.1) is 11.3 Å². The first-order valence-corrected chi connectivity index (χ1v) is 11.5. The highest BCUT2D eigenvalue weighted by molar-refractivity contribution is 7.89. The molecule has 2 aliphatic heterocycles. The lowest BCUT2D eigenvalue weighted by Crippen LogP contribution is -2.51. The summed E-state index contributed by atoms with van der Waals surface area (Å²) in [7, 11) is -3.57. The van der Waals surface area contributed by atoms with E-state index in [0.29, 0.717) is 18.8 Å². The van der Waals surface area contributed by atoms with E-state index in [1.165, 1.54) is 4.88 Å². The minimum absolute atomic E-state index is 0.126. The molecule has 2 aliphatic rings. The number of thiazole rings is 1. The van der Waals surface area contributed by atoms with Crippen LogP contribution in [0.4, 0.5) is 0 Å². The summed E-state index contributed by atoms with van der Waals surface area (Å²) in [6.07, 6.45) is 0.803. The third-order valence-corrected chi connectivity index (χ3v) is 8.37. The smallest absolute Gasteiger partial charge is 0.247 e. The number of hydrogen-bond acceptors (Lipinski definition) is 6. The molecule has 0 bridgehead atoms. The molecule has 27 heavy (non-hydrogen) atoms. The van der Waals surface area contributed by atoms with Gasteiger partial charge in [-0.25, -0.2) is 13.4 Å². The van der Waals surface area contributed by atoms with Gasteiger partial charge in [0.05, 0.1) is 17.7 Å². The summed E-state index contributed by atoms with van der Waals surface area (Å²) in [5.41, 5.74) is 2.42. The average molecular weight is 408 g/mol. The number of nitrogens with zero attached hydrogens (tertiary/aromatic N) is 3. The quantitative estimate of drug-likeness (QED) is 0.783. The van der Waals surface area contributed by atoms with Gasteiger partial charge in [-0.1, -0.05) is 12.1 Å². The Labute approximate surface area is 164 Å². The molecule has 3 heterocycles. The Balaban J connectivity index is 1.67. The van der Waals surface area contributed by atoms with Crippen molar-refractivity contribution >= 4 is 21.4 Å². The SMILES string of the molecule is Cc1ncsc1CN1CCC2(C1)CN(C(C)C)S(=O)(=O)c1ccccc1O2. The normalized spacial score (nSPS) is 25.5. The number of aryl methyl sites for hydroxylation is 1. The van der Waals surface area contributed by atoms with Gasteiger partial charge in [-0.2, -0.15) is 4.31 Å². The van der Waals surface area contributed by atoms with E-state index in [0.717, 1.165) is 25.2 Å². The highest BCUT2D eigenvalue weighted by Crippen LogP contribution is 2.39. The van der Waals surface area contributed by atoms with Crippen molar-refractivity contribution in [2.75, 3.05) is 19.6 Å². The molecular formula is C19H25N3O3S2. The number of aromatic nitrogens is 1. The van der Waals surface area contributed by atoms with Crippen molar-refractivity contribution in [1.82, 2.24) is 14.2 Å². The van der Waals surface area contributed by atoms with Gasteiger partial charge in [0, 0.05) is 37.0 Å². The fourth-order valence-corrected chi connectivity index (χ4v) is 6.57. The van der Waals surface area contributed by atoms with E-state index in [4.69, 9.17) is 4.74 Å². The summed E-state index contributed by atoms with van der Waals surface area (Å²) in [6.45, 7) is 8.67. The summed E-state index contributed by atoms with van der Waals surface area (Å²) in [6, 6.07) is 6.88. The second kappa shape index (κ2) is 6.84. The van der Waals surface area contributed by atoms with Crippen LogP contribution < -0.4 is 4.74 Å². The fraction of sp³-hybridized carbons (Fsp3) is 0.526. The lowest BCUT2D eigenvalue weighted by Gasteiger charge is -2.33. The molecule has 4 rings (SSSR count). The van der Waals surface area contributed by atoms with Crippen LogP contribution in [0.3, 0.4) is 0 Å². The highest BCUT2D eigenvalue weighted by atomic mass is 32.2. The zero-order chi connectivity index (χ0) is 19.2. The van der Waals surface area contributed by atoms with E-state index in [1.807, 2.05) is 32.3 Å². The Kier molecular flexibility index (Phi) is 4.78. The minimum atomic E-state index is -3.57. The fourth-order valence-electron chi connectivity index (χ4n) is 3.92. The molecule has 1 saturated heterocycles. The molecule has 1 fully saturated rings. The van der Waals surface area contributed by atoms with Crippen molar-refractivity contribution in [2.45, 2.75) is 50.3 Å². The number of para-hydroxylation sites is 1. The molecule has 6 nitrogen and oxygen atoms in total. The minimum Gasteiger partial charge on any atom is -0.483 e. The number of rotatable bonds is 3. The van der Waals surface area contributed by atoms with Crippen LogP contribution in [0, 0.1) is 6.92 Å². The van der Waals surface area contributed by atoms with Crippen molar-refractivity contribution in [3.63, 3.8) is 0 Å². The van der Waals surface area contributed by atoms with Crippen LogP contribution in [-0.2, 0) is 16.6 Å². The maximum Gasteiger partial charge on any atom is 0.247 e. The van der Waals surface area contributed by atoms with Gasteiger partial charge in [0.25, 0.3) is 0 Å². The predicted octanol–water partition coefficient (Wildman–Crippen LogP) is 2.89. The second-order valence-electron chi connectivity index (χ2n) is 7.70. The van der Waals surface area contributed by atoms with E-state index < -0.39 is 15.6 Å². The van der Waals surface area contributed by atoms with Gasteiger partial charge in [0.2, 0.25) is 10.0 Å². The third-order valence-electron chi connectivity index (χ3n) is 5.39. The van der Waals surface area contributed by atoms with E-state index in [1.54, 1.807) is 33.8 Å². The summed E-state index contributed by atoms with van der Waals surface area (Å²) >= 11 is 1.67. The van der Waals surface area contributed by atoms with E-state index in [2.05, 4.69) is 9.88 Å². The number of sulfonamides is 1. The summed E-state index contributed by atoms with van der Waals surface area (Å²) in [5, 5.41) is 0. The highest BCUT2D eigenvalue weighted by Gasteiger charge is 2.48. The van der Waals surface area contributed by atoms with Gasteiger partial charge in [0.15, 0.2) is 0 Å². The third kappa shape index (κ3) is 3.40. The average Bonchev–Trinajstić information content (AvgIpc) is 3.17. The summed E-state index contributed by atoms with van der Waals surface area (Å²) in [5.74, 6) is 0.469. The van der Waals surface area contributed by atoms with Crippen LogP contribution in [0.2, 0.25) is 0 Å². The first kappa shape index (κ1) is 18.9. The molecule has 0 N–H and O–H groups in total. The molecule has 0 radical (unpaired) electrons. The topological polar surface area (TPSA) is 62.7 Å². The molecular weight excluding hydrogens is 382 g/mol. The molecule has 1 unspecified atom stereocenters. The van der Waals surface area contributed by atoms with Crippen LogP contribution in [-0.4, -0.2) is 53.9 Å². The van der Waals surface area contributed by atoms with Gasteiger partial charge in [-0.05, 0) is 32.9 Å². The van der Waals surface area contributed by atoms with Crippen molar-refractivity contribution < 1.29 is 13.2 Å². The van der Waals surface area contributed by atoms with Gasteiger partial charge in [0.1, 0.15) is 16.2 Å². The van der Waals surface area contributed by atoms with Crippen LogP contribution in [0.25, 0.3) is 0 Å².